The van der Waals surface area contributed by atoms with Crippen LogP contribution in [0.1, 0.15) is 18.6 Å². The first-order valence-corrected chi connectivity index (χ1v) is 9.11. The molecule has 0 radical (unpaired) electrons. The molecule has 3 aromatic rings. The molecule has 0 saturated carbocycles. The molecule has 1 atom stereocenters. The molecule has 1 fully saturated rings. The van der Waals surface area contributed by atoms with Gasteiger partial charge >= 0.3 is 0 Å². The van der Waals surface area contributed by atoms with Crippen molar-refractivity contribution in [3.05, 3.63) is 48.4 Å². The molecule has 1 aliphatic rings. The molecular formula is C18H19N3O2S. The highest BCUT2D eigenvalue weighted by Crippen LogP contribution is 2.31. The summed E-state index contributed by atoms with van der Waals surface area (Å²) < 4.78 is 13.3. The van der Waals surface area contributed by atoms with Crippen molar-refractivity contribution >= 4 is 11.8 Å². The van der Waals surface area contributed by atoms with Crippen LogP contribution in [0.4, 0.5) is 0 Å². The number of furan rings is 1. The molecule has 0 N–H and O–H groups in total. The fourth-order valence-corrected chi connectivity index (χ4v) is 3.93. The molecule has 2 aromatic heterocycles. The van der Waals surface area contributed by atoms with Crippen LogP contribution in [0.5, 0.6) is 0 Å². The highest BCUT2D eigenvalue weighted by Gasteiger charge is 2.21. The molecule has 0 spiro atoms. The van der Waals surface area contributed by atoms with Crippen molar-refractivity contribution in [2.75, 3.05) is 12.4 Å². The zero-order valence-electron chi connectivity index (χ0n) is 13.5. The Balaban J connectivity index is 1.71. The topological polar surface area (TPSA) is 53.1 Å². The van der Waals surface area contributed by atoms with Gasteiger partial charge in [-0.3, -0.25) is 4.57 Å². The summed E-state index contributed by atoms with van der Waals surface area (Å²) >= 11 is 1.70. The summed E-state index contributed by atoms with van der Waals surface area (Å²) in [5, 5.41) is 9.74. The molecule has 0 bridgehead atoms. The summed E-state index contributed by atoms with van der Waals surface area (Å²) in [5.74, 6) is 2.55. The van der Waals surface area contributed by atoms with Gasteiger partial charge in [0, 0.05) is 18.0 Å². The molecule has 1 saturated heterocycles. The van der Waals surface area contributed by atoms with E-state index in [1.54, 1.807) is 18.0 Å². The Morgan fingerprint density at radius 3 is 2.79 bits per heavy atom. The Bertz CT molecular complexity index is 807. The van der Waals surface area contributed by atoms with Crippen LogP contribution in [-0.2, 0) is 4.74 Å². The number of hydrogen-bond donors (Lipinski definition) is 0. The van der Waals surface area contributed by atoms with Crippen molar-refractivity contribution in [3.63, 3.8) is 0 Å². The summed E-state index contributed by atoms with van der Waals surface area (Å²) in [6.45, 7) is 2.81. The van der Waals surface area contributed by atoms with Crippen LogP contribution in [0.15, 0.2) is 52.2 Å². The van der Waals surface area contributed by atoms with Gasteiger partial charge in [0.1, 0.15) is 5.76 Å². The summed E-state index contributed by atoms with van der Waals surface area (Å²) in [4.78, 5) is 0. The van der Waals surface area contributed by atoms with Crippen molar-refractivity contribution in [3.8, 4) is 17.1 Å². The Morgan fingerprint density at radius 1 is 1.21 bits per heavy atom. The number of ether oxygens (including phenoxy) is 1. The Kier molecular flexibility index (Phi) is 4.40. The molecule has 4 rings (SSSR count). The second kappa shape index (κ2) is 6.83. The third kappa shape index (κ3) is 2.99. The van der Waals surface area contributed by atoms with Crippen molar-refractivity contribution < 1.29 is 9.15 Å². The molecule has 5 nitrogen and oxygen atoms in total. The van der Waals surface area contributed by atoms with Crippen LogP contribution in [0, 0.1) is 6.92 Å². The number of nitrogens with zero attached hydrogens (tertiary/aromatic N) is 3. The highest BCUT2D eigenvalue weighted by atomic mass is 32.2. The van der Waals surface area contributed by atoms with Gasteiger partial charge in [0.25, 0.3) is 0 Å². The van der Waals surface area contributed by atoms with Gasteiger partial charge in [0.15, 0.2) is 11.0 Å². The lowest BCUT2D eigenvalue weighted by Gasteiger charge is -2.11. The fraction of sp³-hybridized carbons (Fsp3) is 0.333. The van der Waals surface area contributed by atoms with E-state index in [0.29, 0.717) is 6.10 Å². The smallest absolute Gasteiger partial charge is 0.196 e. The Labute approximate surface area is 145 Å². The number of thioether (sulfide) groups is 1. The first kappa shape index (κ1) is 15.5. The van der Waals surface area contributed by atoms with Crippen LogP contribution in [-0.4, -0.2) is 33.2 Å². The van der Waals surface area contributed by atoms with Gasteiger partial charge in [-0.15, -0.1) is 10.2 Å². The SMILES string of the molecule is Cc1occc1-c1nnc(SCC2CCCO2)n1-c1ccccc1. The van der Waals surface area contributed by atoms with E-state index >= 15 is 0 Å². The molecule has 24 heavy (non-hydrogen) atoms. The minimum absolute atomic E-state index is 0.315. The summed E-state index contributed by atoms with van der Waals surface area (Å²) in [7, 11) is 0. The number of aromatic nitrogens is 3. The Hall–Kier alpha value is -2.05. The molecule has 1 aromatic carbocycles. The van der Waals surface area contributed by atoms with E-state index in [2.05, 4.69) is 26.9 Å². The average molecular weight is 341 g/mol. The Morgan fingerprint density at radius 2 is 2.08 bits per heavy atom. The van der Waals surface area contributed by atoms with Gasteiger partial charge in [-0.25, -0.2) is 0 Å². The van der Waals surface area contributed by atoms with E-state index in [4.69, 9.17) is 9.15 Å². The van der Waals surface area contributed by atoms with Crippen LogP contribution in [0.3, 0.4) is 0 Å². The van der Waals surface area contributed by atoms with E-state index in [9.17, 15) is 0 Å². The van der Waals surface area contributed by atoms with E-state index in [1.807, 2.05) is 31.2 Å². The number of para-hydroxylation sites is 1. The highest BCUT2D eigenvalue weighted by molar-refractivity contribution is 7.99. The van der Waals surface area contributed by atoms with Gasteiger partial charge in [-0.05, 0) is 38.0 Å². The zero-order valence-corrected chi connectivity index (χ0v) is 14.3. The molecule has 124 valence electrons. The summed E-state index contributed by atoms with van der Waals surface area (Å²) in [6, 6.07) is 12.1. The van der Waals surface area contributed by atoms with Gasteiger partial charge in [0.2, 0.25) is 0 Å². The minimum atomic E-state index is 0.315. The van der Waals surface area contributed by atoms with E-state index < -0.39 is 0 Å². The molecular weight excluding hydrogens is 322 g/mol. The van der Waals surface area contributed by atoms with Crippen molar-refractivity contribution in [1.29, 1.82) is 0 Å². The molecule has 3 heterocycles. The maximum absolute atomic E-state index is 5.73. The second-order valence-electron chi connectivity index (χ2n) is 5.81. The molecule has 0 amide bonds. The maximum Gasteiger partial charge on any atom is 0.196 e. The van der Waals surface area contributed by atoms with Crippen LogP contribution < -0.4 is 0 Å². The first-order chi connectivity index (χ1) is 11.8. The number of aryl methyl sites for hydroxylation is 1. The molecule has 1 aliphatic heterocycles. The fourth-order valence-electron chi connectivity index (χ4n) is 2.91. The van der Waals surface area contributed by atoms with Crippen molar-refractivity contribution in [2.45, 2.75) is 31.0 Å². The monoisotopic (exact) mass is 341 g/mol. The predicted molar refractivity (Wildman–Crippen MR) is 93.5 cm³/mol. The number of benzene rings is 1. The predicted octanol–water partition coefficient (Wildman–Crippen LogP) is 4.11. The largest absolute Gasteiger partial charge is 0.469 e. The summed E-state index contributed by atoms with van der Waals surface area (Å²) in [5.41, 5.74) is 2.02. The lowest BCUT2D eigenvalue weighted by atomic mass is 10.2. The van der Waals surface area contributed by atoms with Crippen molar-refractivity contribution in [1.82, 2.24) is 14.8 Å². The standard InChI is InChI=1S/C18H19N3O2S/c1-13-16(9-11-22-13)17-19-20-18(24-12-15-8-5-10-23-15)21(17)14-6-3-2-4-7-14/h2-4,6-7,9,11,15H,5,8,10,12H2,1H3. The van der Waals surface area contributed by atoms with E-state index in [-0.39, 0.29) is 0 Å². The van der Waals surface area contributed by atoms with Gasteiger partial charge in [-0.1, -0.05) is 30.0 Å². The van der Waals surface area contributed by atoms with E-state index in [1.165, 1.54) is 0 Å². The lowest BCUT2D eigenvalue weighted by molar-refractivity contribution is 0.129. The first-order valence-electron chi connectivity index (χ1n) is 8.12. The minimum Gasteiger partial charge on any atom is -0.469 e. The molecule has 1 unspecified atom stereocenters. The van der Waals surface area contributed by atoms with Crippen LogP contribution in [0.25, 0.3) is 17.1 Å². The second-order valence-corrected chi connectivity index (χ2v) is 6.80. The average Bonchev–Trinajstić information content (AvgIpc) is 3.34. The van der Waals surface area contributed by atoms with Gasteiger partial charge < -0.3 is 9.15 Å². The third-order valence-corrected chi connectivity index (χ3v) is 5.23. The van der Waals surface area contributed by atoms with E-state index in [0.717, 1.165) is 53.2 Å². The van der Waals surface area contributed by atoms with Gasteiger partial charge in [0.05, 0.1) is 17.9 Å². The number of rotatable bonds is 5. The lowest BCUT2D eigenvalue weighted by Crippen LogP contribution is -2.09. The normalized spacial score (nSPS) is 17.5. The number of hydrogen-bond acceptors (Lipinski definition) is 5. The van der Waals surface area contributed by atoms with Crippen LogP contribution >= 0.6 is 11.8 Å². The molecule has 6 heteroatoms. The quantitative estimate of drug-likeness (QED) is 0.654. The summed E-state index contributed by atoms with van der Waals surface area (Å²) in [6.07, 6.45) is 4.28. The maximum atomic E-state index is 5.73. The van der Waals surface area contributed by atoms with Crippen molar-refractivity contribution in [2.24, 2.45) is 0 Å². The van der Waals surface area contributed by atoms with Crippen LogP contribution in [0.2, 0.25) is 0 Å². The van der Waals surface area contributed by atoms with Gasteiger partial charge in [-0.2, -0.15) is 0 Å². The third-order valence-electron chi connectivity index (χ3n) is 4.17. The zero-order chi connectivity index (χ0) is 16.4. The molecule has 0 aliphatic carbocycles.